The molecule has 2 nitrogen and oxygen atoms in total. The zero-order valence-electron chi connectivity index (χ0n) is 21.8. The second-order valence-corrected chi connectivity index (χ2v) is 9.07. The van der Waals surface area contributed by atoms with E-state index in [0.29, 0.717) is 0 Å². The number of benzene rings is 2. The fourth-order valence-electron chi connectivity index (χ4n) is 3.57. The lowest BCUT2D eigenvalue weighted by Gasteiger charge is -2.13. The summed E-state index contributed by atoms with van der Waals surface area (Å²) >= 11 is 0. The molecule has 0 atom stereocenters. The van der Waals surface area contributed by atoms with Crippen molar-refractivity contribution in [3.8, 4) is 0 Å². The topological polar surface area (TPSA) is 24.1 Å². The summed E-state index contributed by atoms with van der Waals surface area (Å²) in [4.78, 5) is 0. The summed E-state index contributed by atoms with van der Waals surface area (Å²) in [6, 6.07) is 17.1. The van der Waals surface area contributed by atoms with Crippen molar-refractivity contribution >= 4 is 0 Å². The highest BCUT2D eigenvalue weighted by atomic mass is 14.9. The Hall–Kier alpha value is -2.48. The molecule has 0 bridgehead atoms. The smallest absolute Gasteiger partial charge is 0.0397 e. The second kappa shape index (κ2) is 18.0. The fraction of sp³-hybridized carbons (Fsp3) is 0.484. The molecule has 1 fully saturated rings. The van der Waals surface area contributed by atoms with Crippen molar-refractivity contribution in [2.24, 2.45) is 0 Å². The van der Waals surface area contributed by atoms with Crippen molar-refractivity contribution in [2.45, 2.75) is 92.0 Å². The molecule has 1 aliphatic rings. The number of nitrogens with one attached hydrogen (secondary N) is 2. The first kappa shape index (κ1) is 28.6. The van der Waals surface area contributed by atoms with Gasteiger partial charge >= 0.3 is 0 Å². The highest BCUT2D eigenvalue weighted by molar-refractivity contribution is 5.31. The number of unbranched alkanes of at least 4 members (excludes halogenated alkanes) is 2. The number of rotatable bonds is 9. The number of aryl methyl sites for hydroxylation is 3. The third-order valence-electron chi connectivity index (χ3n) is 5.80. The highest BCUT2D eigenvalue weighted by Gasteiger charge is 2.01. The summed E-state index contributed by atoms with van der Waals surface area (Å²) in [7, 11) is 0. The van der Waals surface area contributed by atoms with Crippen LogP contribution in [0.3, 0.4) is 0 Å². The van der Waals surface area contributed by atoms with Crippen LogP contribution in [0.1, 0.15) is 87.5 Å². The monoisotopic (exact) mass is 448 g/mol. The van der Waals surface area contributed by atoms with Gasteiger partial charge in [-0.25, -0.2) is 0 Å². The minimum Gasteiger partial charge on any atom is -0.389 e. The Morgan fingerprint density at radius 3 is 2.18 bits per heavy atom. The minimum absolute atomic E-state index is 0.900. The molecule has 33 heavy (non-hydrogen) atoms. The standard InChI is InChI=1S/C18H29N.C7H8.C6H11N/c1-5-7-9-16(4)19-14-17-11-12-18(10-8-6-2)15(3)13-17;1-7-5-3-2-4-6-7;1-6-4-2-3-5-7-6/h11-13,19H,4-10,14H2,1-3H3;2-6H,1H3;7H,1-5H2. The van der Waals surface area contributed by atoms with Crippen LogP contribution in [0.2, 0.25) is 0 Å². The van der Waals surface area contributed by atoms with Crippen molar-refractivity contribution in [3.05, 3.63) is 95.3 Å². The summed E-state index contributed by atoms with van der Waals surface area (Å²) in [6.45, 7) is 18.7. The molecular weight excluding hydrogens is 400 g/mol. The lowest BCUT2D eigenvalue weighted by Crippen LogP contribution is -2.18. The quantitative estimate of drug-likeness (QED) is 0.402. The van der Waals surface area contributed by atoms with E-state index < -0.39 is 0 Å². The molecule has 3 rings (SSSR count). The molecule has 182 valence electrons. The Morgan fingerprint density at radius 2 is 1.70 bits per heavy atom. The molecule has 2 heteroatoms. The van der Waals surface area contributed by atoms with E-state index >= 15 is 0 Å². The van der Waals surface area contributed by atoms with E-state index in [1.807, 2.05) is 18.2 Å². The van der Waals surface area contributed by atoms with Crippen LogP contribution in [0.25, 0.3) is 0 Å². The predicted octanol–water partition coefficient (Wildman–Crippen LogP) is 8.40. The molecule has 1 aliphatic heterocycles. The third kappa shape index (κ3) is 14.3. The van der Waals surface area contributed by atoms with Crippen LogP contribution in [0.15, 0.2) is 73.1 Å². The molecule has 0 unspecified atom stereocenters. The minimum atomic E-state index is 0.900. The van der Waals surface area contributed by atoms with Crippen molar-refractivity contribution in [3.63, 3.8) is 0 Å². The molecule has 0 spiro atoms. The summed E-state index contributed by atoms with van der Waals surface area (Å²) < 4.78 is 0. The van der Waals surface area contributed by atoms with Crippen LogP contribution in [0.4, 0.5) is 0 Å². The molecule has 1 saturated heterocycles. The largest absolute Gasteiger partial charge is 0.389 e. The lowest BCUT2D eigenvalue weighted by molar-refractivity contribution is 0.590. The van der Waals surface area contributed by atoms with Gasteiger partial charge in [0.25, 0.3) is 0 Å². The molecule has 0 aromatic heterocycles. The van der Waals surface area contributed by atoms with Gasteiger partial charge in [-0.3, -0.25) is 0 Å². The van der Waals surface area contributed by atoms with Gasteiger partial charge in [0.15, 0.2) is 0 Å². The molecule has 1 heterocycles. The van der Waals surface area contributed by atoms with Crippen LogP contribution in [0.5, 0.6) is 0 Å². The first-order chi connectivity index (χ1) is 16.0. The highest BCUT2D eigenvalue weighted by Crippen LogP contribution is 2.14. The molecule has 2 N–H and O–H groups in total. The normalized spacial score (nSPS) is 12.4. The van der Waals surface area contributed by atoms with E-state index in [9.17, 15) is 0 Å². The van der Waals surface area contributed by atoms with Gasteiger partial charge in [0, 0.05) is 24.5 Å². The summed E-state index contributed by atoms with van der Waals surface area (Å²) in [5.41, 5.74) is 7.97. The average molecular weight is 449 g/mol. The van der Waals surface area contributed by atoms with E-state index in [4.69, 9.17) is 0 Å². The van der Waals surface area contributed by atoms with E-state index in [1.54, 1.807) is 0 Å². The maximum atomic E-state index is 4.08. The van der Waals surface area contributed by atoms with Gasteiger partial charge in [0.05, 0.1) is 0 Å². The summed E-state index contributed by atoms with van der Waals surface area (Å²) in [6.07, 6.45) is 11.1. The van der Waals surface area contributed by atoms with E-state index in [-0.39, 0.29) is 0 Å². The van der Waals surface area contributed by atoms with E-state index in [1.165, 1.54) is 79.3 Å². The summed E-state index contributed by atoms with van der Waals surface area (Å²) in [5.74, 6) is 0. The zero-order valence-corrected chi connectivity index (χ0v) is 21.8. The van der Waals surface area contributed by atoms with Crippen LogP contribution < -0.4 is 10.6 Å². The summed E-state index contributed by atoms with van der Waals surface area (Å²) in [5, 5.41) is 6.62. The maximum absolute atomic E-state index is 4.08. The third-order valence-corrected chi connectivity index (χ3v) is 5.80. The van der Waals surface area contributed by atoms with Gasteiger partial charge in [-0.15, -0.1) is 0 Å². The van der Waals surface area contributed by atoms with Crippen molar-refractivity contribution in [1.82, 2.24) is 10.6 Å². The number of hydrogen-bond acceptors (Lipinski definition) is 2. The lowest BCUT2D eigenvalue weighted by atomic mass is 10.0. The van der Waals surface area contributed by atoms with Crippen LogP contribution in [-0.2, 0) is 13.0 Å². The second-order valence-electron chi connectivity index (χ2n) is 9.07. The Kier molecular flexibility index (Phi) is 15.6. The molecule has 0 aliphatic carbocycles. The molecule has 0 amide bonds. The van der Waals surface area contributed by atoms with Crippen LogP contribution >= 0.6 is 0 Å². The molecule has 0 radical (unpaired) electrons. The number of hydrogen-bond donors (Lipinski definition) is 2. The molecule has 2 aromatic rings. The Labute approximate surface area is 204 Å². The van der Waals surface area contributed by atoms with Gasteiger partial charge in [0.1, 0.15) is 0 Å². The Bertz CT molecular complexity index is 784. The first-order valence-electron chi connectivity index (χ1n) is 12.9. The van der Waals surface area contributed by atoms with Crippen molar-refractivity contribution < 1.29 is 0 Å². The Balaban J connectivity index is 0.000000313. The van der Waals surface area contributed by atoms with E-state index in [2.05, 4.69) is 81.8 Å². The van der Waals surface area contributed by atoms with Gasteiger partial charge in [-0.2, -0.15) is 0 Å². The molecule has 0 saturated carbocycles. The number of allylic oxidation sites excluding steroid dienone is 2. The van der Waals surface area contributed by atoms with Gasteiger partial charge in [-0.1, -0.05) is 93.9 Å². The number of piperidine rings is 1. The predicted molar refractivity (Wildman–Crippen MR) is 147 cm³/mol. The van der Waals surface area contributed by atoms with E-state index in [0.717, 1.165) is 25.2 Å². The molecule has 2 aromatic carbocycles. The SMILES string of the molecule is C=C(CCCC)NCc1ccc(CCCC)c(C)c1.C=C1CCCCN1.Cc1ccccc1. The van der Waals surface area contributed by atoms with Crippen molar-refractivity contribution in [1.29, 1.82) is 0 Å². The fourth-order valence-corrected chi connectivity index (χ4v) is 3.57. The van der Waals surface area contributed by atoms with Gasteiger partial charge in [-0.05, 0) is 75.5 Å². The van der Waals surface area contributed by atoms with Crippen LogP contribution in [0, 0.1) is 13.8 Å². The Morgan fingerprint density at radius 1 is 0.970 bits per heavy atom. The average Bonchev–Trinajstić information content (AvgIpc) is 2.82. The van der Waals surface area contributed by atoms with Gasteiger partial charge < -0.3 is 10.6 Å². The maximum Gasteiger partial charge on any atom is 0.0397 e. The van der Waals surface area contributed by atoms with Crippen molar-refractivity contribution in [2.75, 3.05) is 6.54 Å². The first-order valence-corrected chi connectivity index (χ1v) is 12.9. The zero-order chi connectivity index (χ0) is 24.3. The van der Waals surface area contributed by atoms with Gasteiger partial charge in [0.2, 0.25) is 0 Å². The van der Waals surface area contributed by atoms with Crippen LogP contribution in [-0.4, -0.2) is 6.54 Å². The molecular formula is C31H48N2.